The third-order valence-electron chi connectivity index (χ3n) is 6.01. The maximum atomic E-state index is 13.8. The van der Waals surface area contributed by atoms with Crippen molar-refractivity contribution in [1.29, 1.82) is 0 Å². The zero-order chi connectivity index (χ0) is 26.3. The van der Waals surface area contributed by atoms with Crippen molar-refractivity contribution in [2.45, 2.75) is 44.7 Å². The molecule has 0 bridgehead atoms. The molecule has 0 heterocycles. The van der Waals surface area contributed by atoms with Gasteiger partial charge in [-0.3, -0.25) is 13.9 Å². The summed E-state index contributed by atoms with van der Waals surface area (Å²) < 4.78 is 28.5. The molecule has 0 aliphatic heterocycles. The summed E-state index contributed by atoms with van der Waals surface area (Å²) in [5.41, 5.74) is 3.18. The van der Waals surface area contributed by atoms with Crippen molar-refractivity contribution >= 4 is 27.5 Å². The minimum atomic E-state index is -4.05. The maximum absolute atomic E-state index is 13.8. The third kappa shape index (κ3) is 6.31. The molecule has 0 saturated heterocycles. The Morgan fingerprint density at radius 3 is 2.14 bits per heavy atom. The summed E-state index contributed by atoms with van der Waals surface area (Å²) in [6.07, 6.45) is 0.382. The predicted molar refractivity (Wildman–Crippen MR) is 142 cm³/mol. The van der Waals surface area contributed by atoms with Crippen molar-refractivity contribution in [3.8, 4) is 0 Å². The predicted octanol–water partition coefficient (Wildman–Crippen LogP) is 4.05. The minimum Gasteiger partial charge on any atom is -0.357 e. The van der Waals surface area contributed by atoms with Gasteiger partial charge in [-0.2, -0.15) is 0 Å². The van der Waals surface area contributed by atoms with E-state index in [-0.39, 0.29) is 17.3 Å². The normalized spacial score (nSPS) is 12.0. The van der Waals surface area contributed by atoms with E-state index in [1.165, 1.54) is 24.1 Å². The van der Waals surface area contributed by atoms with Gasteiger partial charge in [0.1, 0.15) is 12.6 Å². The van der Waals surface area contributed by atoms with Gasteiger partial charge < -0.3 is 10.2 Å². The molecule has 0 radical (unpaired) electrons. The van der Waals surface area contributed by atoms with Crippen molar-refractivity contribution in [3.05, 3.63) is 95.6 Å². The number of amides is 2. The Hall–Kier alpha value is -3.65. The number of anilines is 1. The first-order valence-corrected chi connectivity index (χ1v) is 13.3. The maximum Gasteiger partial charge on any atom is 0.264 e. The lowest BCUT2D eigenvalue weighted by Gasteiger charge is -2.33. The fraction of sp³-hybridized carbons (Fsp3) is 0.286. The summed E-state index contributed by atoms with van der Waals surface area (Å²) in [4.78, 5) is 28.1. The lowest BCUT2D eigenvalue weighted by Crippen LogP contribution is -2.51. The van der Waals surface area contributed by atoms with Crippen LogP contribution >= 0.6 is 0 Å². The average Bonchev–Trinajstić information content (AvgIpc) is 2.88. The molecule has 3 rings (SSSR count). The molecule has 3 aromatic rings. The molecule has 0 spiro atoms. The number of carbonyl (C=O) groups excluding carboxylic acids is 2. The van der Waals surface area contributed by atoms with Gasteiger partial charge in [-0.1, -0.05) is 67.1 Å². The second-order valence-electron chi connectivity index (χ2n) is 8.71. The van der Waals surface area contributed by atoms with Crippen LogP contribution in [-0.4, -0.2) is 44.8 Å². The second-order valence-corrected chi connectivity index (χ2v) is 10.6. The first-order chi connectivity index (χ1) is 17.2. The molecule has 3 aromatic carbocycles. The smallest absolute Gasteiger partial charge is 0.264 e. The van der Waals surface area contributed by atoms with Crippen molar-refractivity contribution in [3.63, 3.8) is 0 Å². The highest BCUT2D eigenvalue weighted by molar-refractivity contribution is 7.92. The largest absolute Gasteiger partial charge is 0.357 e. The Kier molecular flexibility index (Phi) is 8.88. The van der Waals surface area contributed by atoms with E-state index in [0.717, 1.165) is 21.0 Å². The fourth-order valence-electron chi connectivity index (χ4n) is 4.01. The van der Waals surface area contributed by atoms with Gasteiger partial charge in [0.15, 0.2) is 0 Å². The van der Waals surface area contributed by atoms with Gasteiger partial charge >= 0.3 is 0 Å². The van der Waals surface area contributed by atoms with E-state index in [1.807, 2.05) is 51.1 Å². The first-order valence-electron chi connectivity index (χ1n) is 11.9. The van der Waals surface area contributed by atoms with Crippen LogP contribution in [0.1, 0.15) is 30.0 Å². The standard InChI is InChI=1S/C28H33N3O4S/c1-5-26(28(33)29-4)30(19-23-16-14-21(2)15-17-23)27(32)20-31(24-11-9-10-22(3)18-24)36(34,35)25-12-7-6-8-13-25/h6-18,26H,5,19-20H2,1-4H3,(H,29,33). The number of likely N-dealkylation sites (N-methyl/N-ethyl adjacent to an activating group) is 1. The van der Waals surface area contributed by atoms with Crippen LogP contribution in [0.2, 0.25) is 0 Å². The zero-order valence-corrected chi connectivity index (χ0v) is 22.0. The molecule has 0 aromatic heterocycles. The van der Waals surface area contributed by atoms with Crippen molar-refractivity contribution in [2.75, 3.05) is 17.9 Å². The van der Waals surface area contributed by atoms with Crippen molar-refractivity contribution < 1.29 is 18.0 Å². The second kappa shape index (κ2) is 11.9. The van der Waals surface area contributed by atoms with Crippen LogP contribution in [0, 0.1) is 13.8 Å². The molecule has 1 N–H and O–H groups in total. The number of aryl methyl sites for hydroxylation is 2. The number of rotatable bonds is 10. The highest BCUT2D eigenvalue weighted by Crippen LogP contribution is 2.25. The minimum absolute atomic E-state index is 0.0859. The van der Waals surface area contributed by atoms with E-state index in [1.54, 1.807) is 36.4 Å². The highest BCUT2D eigenvalue weighted by atomic mass is 32.2. The van der Waals surface area contributed by atoms with Gasteiger partial charge in [0.2, 0.25) is 11.8 Å². The van der Waals surface area contributed by atoms with Gasteiger partial charge in [0.05, 0.1) is 10.6 Å². The number of hydrogen-bond donors (Lipinski definition) is 1. The topological polar surface area (TPSA) is 86.8 Å². The average molecular weight is 508 g/mol. The Labute approximate surface area is 213 Å². The summed E-state index contributed by atoms with van der Waals surface area (Å²) in [6, 6.07) is 22.0. The van der Waals surface area contributed by atoms with Gasteiger partial charge in [0, 0.05) is 13.6 Å². The summed E-state index contributed by atoms with van der Waals surface area (Å²) in [5.74, 6) is -0.766. The molecule has 1 unspecified atom stereocenters. The molecule has 7 nitrogen and oxygen atoms in total. The van der Waals surface area contributed by atoms with Gasteiger partial charge in [-0.25, -0.2) is 8.42 Å². The summed E-state index contributed by atoms with van der Waals surface area (Å²) in [7, 11) is -2.52. The van der Waals surface area contributed by atoms with E-state index in [4.69, 9.17) is 0 Å². The van der Waals surface area contributed by atoms with Gasteiger partial charge in [-0.15, -0.1) is 0 Å². The number of nitrogens with zero attached hydrogens (tertiary/aromatic N) is 2. The molecule has 0 aliphatic carbocycles. The van der Waals surface area contributed by atoms with Crippen molar-refractivity contribution in [1.82, 2.24) is 10.2 Å². The summed E-state index contributed by atoms with van der Waals surface area (Å²) >= 11 is 0. The van der Waals surface area contributed by atoms with Crippen LogP contribution in [0.4, 0.5) is 5.69 Å². The first kappa shape index (κ1) is 26.9. The molecule has 8 heteroatoms. The van der Waals surface area contributed by atoms with Gasteiger partial charge in [-0.05, 0) is 55.7 Å². The molecule has 1 atom stereocenters. The Balaban J connectivity index is 2.04. The Morgan fingerprint density at radius 2 is 1.56 bits per heavy atom. The van der Waals surface area contributed by atoms with E-state index >= 15 is 0 Å². The van der Waals surface area contributed by atoms with Crippen molar-refractivity contribution in [2.24, 2.45) is 0 Å². The van der Waals surface area contributed by atoms with Gasteiger partial charge in [0.25, 0.3) is 10.0 Å². The molecule has 2 amide bonds. The van der Waals surface area contributed by atoms with Crippen LogP contribution in [0.5, 0.6) is 0 Å². The summed E-state index contributed by atoms with van der Waals surface area (Å²) in [6.45, 7) is 5.40. The van der Waals surface area contributed by atoms with Crippen LogP contribution in [-0.2, 0) is 26.2 Å². The number of carbonyl (C=O) groups is 2. The number of hydrogen-bond acceptors (Lipinski definition) is 4. The third-order valence-corrected chi connectivity index (χ3v) is 7.79. The molecule has 36 heavy (non-hydrogen) atoms. The fourth-order valence-corrected chi connectivity index (χ4v) is 5.43. The molecule has 190 valence electrons. The molecule has 0 saturated carbocycles. The van der Waals surface area contributed by atoms with E-state index in [2.05, 4.69) is 5.32 Å². The molecule has 0 fully saturated rings. The van der Waals surface area contributed by atoms with Crippen LogP contribution in [0.15, 0.2) is 83.8 Å². The zero-order valence-electron chi connectivity index (χ0n) is 21.1. The monoisotopic (exact) mass is 507 g/mol. The Morgan fingerprint density at radius 1 is 0.889 bits per heavy atom. The Bertz CT molecular complexity index is 1290. The quantitative estimate of drug-likeness (QED) is 0.449. The molecular weight excluding hydrogens is 474 g/mol. The van der Waals surface area contributed by atoms with E-state index in [0.29, 0.717) is 12.1 Å². The van der Waals surface area contributed by atoms with E-state index < -0.39 is 28.5 Å². The number of benzene rings is 3. The van der Waals surface area contributed by atoms with Crippen LogP contribution in [0.25, 0.3) is 0 Å². The van der Waals surface area contributed by atoms with Crippen LogP contribution < -0.4 is 9.62 Å². The summed E-state index contributed by atoms with van der Waals surface area (Å²) in [5, 5.41) is 2.63. The van der Waals surface area contributed by atoms with E-state index in [9.17, 15) is 18.0 Å². The SMILES string of the molecule is CCC(C(=O)NC)N(Cc1ccc(C)cc1)C(=O)CN(c1cccc(C)c1)S(=O)(=O)c1ccccc1. The lowest BCUT2D eigenvalue weighted by atomic mass is 10.1. The molecule has 0 aliphatic rings. The molecular formula is C28H33N3O4S. The lowest BCUT2D eigenvalue weighted by molar-refractivity contribution is -0.140. The van der Waals surface area contributed by atoms with Crippen LogP contribution in [0.3, 0.4) is 0 Å². The number of nitrogens with one attached hydrogen (secondary N) is 1. The highest BCUT2D eigenvalue weighted by Gasteiger charge is 2.33. The number of sulfonamides is 1.